The van der Waals surface area contributed by atoms with Crippen LogP contribution >= 0.6 is 15.9 Å². The van der Waals surface area contributed by atoms with E-state index in [1.165, 1.54) is 5.56 Å². The van der Waals surface area contributed by atoms with Gasteiger partial charge in [-0.1, -0.05) is 47.0 Å². The van der Waals surface area contributed by atoms with E-state index in [0.29, 0.717) is 19.0 Å². The first kappa shape index (κ1) is 15.0. The second-order valence-corrected chi connectivity index (χ2v) is 7.44. The third-order valence-electron chi connectivity index (χ3n) is 4.71. The van der Waals surface area contributed by atoms with Crippen LogP contribution in [0.2, 0.25) is 0 Å². The zero-order chi connectivity index (χ0) is 14.9. The SMILES string of the molecule is NC1(CC(=O)N(Cc2ccccc2Br)C2CC2)CCCC1. The second-order valence-electron chi connectivity index (χ2n) is 6.59. The van der Waals surface area contributed by atoms with E-state index < -0.39 is 0 Å². The molecule has 1 amide bonds. The molecule has 0 aliphatic heterocycles. The average molecular weight is 351 g/mol. The van der Waals surface area contributed by atoms with Crippen molar-refractivity contribution in [1.29, 1.82) is 0 Å². The van der Waals surface area contributed by atoms with Crippen LogP contribution in [0.4, 0.5) is 0 Å². The van der Waals surface area contributed by atoms with Gasteiger partial charge in [-0.05, 0) is 37.3 Å². The van der Waals surface area contributed by atoms with Crippen LogP contribution in [-0.4, -0.2) is 22.4 Å². The molecule has 2 aliphatic rings. The maximum absolute atomic E-state index is 12.7. The predicted molar refractivity (Wildman–Crippen MR) is 87.7 cm³/mol. The fourth-order valence-electron chi connectivity index (χ4n) is 3.28. The van der Waals surface area contributed by atoms with E-state index in [-0.39, 0.29) is 11.4 Å². The molecule has 21 heavy (non-hydrogen) atoms. The van der Waals surface area contributed by atoms with Crippen molar-refractivity contribution >= 4 is 21.8 Å². The number of amides is 1. The highest BCUT2D eigenvalue weighted by Crippen LogP contribution is 2.34. The first-order valence-corrected chi connectivity index (χ1v) is 8.68. The summed E-state index contributed by atoms with van der Waals surface area (Å²) < 4.78 is 1.08. The number of nitrogens with two attached hydrogens (primary N) is 1. The summed E-state index contributed by atoms with van der Waals surface area (Å²) in [6.45, 7) is 0.695. The number of benzene rings is 1. The van der Waals surface area contributed by atoms with Crippen molar-refractivity contribution < 1.29 is 4.79 Å². The fourth-order valence-corrected chi connectivity index (χ4v) is 3.69. The summed E-state index contributed by atoms with van der Waals surface area (Å²) in [4.78, 5) is 14.8. The molecule has 1 aromatic carbocycles. The Bertz CT molecular complexity index is 521. The molecule has 2 fully saturated rings. The Hall–Kier alpha value is -0.870. The number of hydrogen-bond acceptors (Lipinski definition) is 2. The minimum absolute atomic E-state index is 0.234. The van der Waals surface area contributed by atoms with Gasteiger partial charge in [-0.25, -0.2) is 0 Å². The Morgan fingerprint density at radius 2 is 1.95 bits per heavy atom. The standard InChI is InChI=1S/C17H23BrN2O/c18-15-6-2-1-5-13(15)12-20(14-7-8-14)16(21)11-17(19)9-3-4-10-17/h1-2,5-6,14H,3-4,7-12,19H2. The van der Waals surface area contributed by atoms with E-state index in [1.54, 1.807) is 0 Å². The van der Waals surface area contributed by atoms with Gasteiger partial charge in [-0.15, -0.1) is 0 Å². The molecule has 0 heterocycles. The van der Waals surface area contributed by atoms with Crippen LogP contribution in [0.5, 0.6) is 0 Å². The van der Waals surface area contributed by atoms with Crippen LogP contribution in [0.25, 0.3) is 0 Å². The molecule has 3 nitrogen and oxygen atoms in total. The lowest BCUT2D eigenvalue weighted by molar-refractivity contribution is -0.133. The molecule has 0 saturated heterocycles. The zero-order valence-electron chi connectivity index (χ0n) is 12.4. The highest BCUT2D eigenvalue weighted by Gasteiger charge is 2.38. The largest absolute Gasteiger partial charge is 0.335 e. The second kappa shape index (κ2) is 6.09. The molecule has 1 aromatic rings. The molecular weight excluding hydrogens is 328 g/mol. The Morgan fingerprint density at radius 1 is 1.29 bits per heavy atom. The maximum Gasteiger partial charge on any atom is 0.224 e. The van der Waals surface area contributed by atoms with Crippen LogP contribution in [0.15, 0.2) is 28.7 Å². The number of nitrogens with zero attached hydrogens (tertiary/aromatic N) is 1. The molecule has 0 aromatic heterocycles. The van der Waals surface area contributed by atoms with E-state index in [2.05, 4.69) is 22.0 Å². The van der Waals surface area contributed by atoms with Crippen molar-refractivity contribution in [2.75, 3.05) is 0 Å². The van der Waals surface area contributed by atoms with Crippen LogP contribution < -0.4 is 5.73 Å². The first-order chi connectivity index (χ1) is 10.1. The number of rotatable bonds is 5. The maximum atomic E-state index is 12.7. The summed E-state index contributed by atoms with van der Waals surface area (Å²) in [6.07, 6.45) is 7.09. The number of hydrogen-bond donors (Lipinski definition) is 1. The third kappa shape index (κ3) is 3.67. The van der Waals surface area contributed by atoms with E-state index >= 15 is 0 Å². The fraction of sp³-hybridized carbons (Fsp3) is 0.588. The third-order valence-corrected chi connectivity index (χ3v) is 5.48. The molecule has 114 valence electrons. The Labute approximate surface area is 135 Å². The van der Waals surface area contributed by atoms with Crippen molar-refractivity contribution in [3.05, 3.63) is 34.3 Å². The van der Waals surface area contributed by atoms with Gasteiger partial charge in [-0.3, -0.25) is 4.79 Å². The lowest BCUT2D eigenvalue weighted by Crippen LogP contribution is -2.44. The summed E-state index contributed by atoms with van der Waals surface area (Å²) in [7, 11) is 0. The molecule has 4 heteroatoms. The van der Waals surface area contributed by atoms with Crippen molar-refractivity contribution in [2.24, 2.45) is 5.73 Å². The average Bonchev–Trinajstić information content (AvgIpc) is 3.20. The van der Waals surface area contributed by atoms with E-state index in [4.69, 9.17) is 5.73 Å². The highest BCUT2D eigenvalue weighted by atomic mass is 79.9. The van der Waals surface area contributed by atoms with Gasteiger partial charge in [0.25, 0.3) is 0 Å². The number of halogens is 1. The van der Waals surface area contributed by atoms with Crippen molar-refractivity contribution in [3.63, 3.8) is 0 Å². The van der Waals surface area contributed by atoms with Gasteiger partial charge < -0.3 is 10.6 Å². The predicted octanol–water partition coefficient (Wildman–Crippen LogP) is 3.60. The minimum atomic E-state index is -0.252. The first-order valence-electron chi connectivity index (χ1n) is 7.89. The van der Waals surface area contributed by atoms with Crippen LogP contribution in [-0.2, 0) is 11.3 Å². The summed E-state index contributed by atoms with van der Waals surface area (Å²) in [5.74, 6) is 0.234. The molecule has 0 atom stereocenters. The smallest absolute Gasteiger partial charge is 0.224 e. The summed E-state index contributed by atoms with van der Waals surface area (Å²) >= 11 is 3.58. The van der Waals surface area contributed by atoms with Gasteiger partial charge in [0.1, 0.15) is 0 Å². The molecule has 0 unspecified atom stereocenters. The van der Waals surface area contributed by atoms with E-state index in [0.717, 1.165) is 43.0 Å². The molecule has 0 radical (unpaired) electrons. The van der Waals surface area contributed by atoms with E-state index in [1.807, 2.05) is 23.1 Å². The quantitative estimate of drug-likeness (QED) is 0.881. The Balaban J connectivity index is 1.69. The van der Waals surface area contributed by atoms with Crippen LogP contribution in [0.1, 0.15) is 50.5 Å². The Morgan fingerprint density at radius 3 is 2.57 bits per heavy atom. The molecule has 2 aliphatic carbocycles. The summed E-state index contributed by atoms with van der Waals surface area (Å²) in [5, 5.41) is 0. The molecule has 2 saturated carbocycles. The molecule has 3 rings (SSSR count). The Kier molecular flexibility index (Phi) is 4.36. The normalized spacial score (nSPS) is 20.5. The van der Waals surface area contributed by atoms with Gasteiger partial charge in [0.2, 0.25) is 5.91 Å². The summed E-state index contributed by atoms with van der Waals surface area (Å²) in [6, 6.07) is 8.57. The summed E-state index contributed by atoms with van der Waals surface area (Å²) in [5.41, 5.74) is 7.31. The molecule has 0 spiro atoms. The zero-order valence-corrected chi connectivity index (χ0v) is 13.9. The molecule has 2 N–H and O–H groups in total. The topological polar surface area (TPSA) is 46.3 Å². The van der Waals surface area contributed by atoms with Crippen molar-refractivity contribution in [2.45, 2.75) is 63.1 Å². The lowest BCUT2D eigenvalue weighted by atomic mass is 9.94. The molecular formula is C17H23BrN2O. The van der Waals surface area contributed by atoms with Crippen LogP contribution in [0.3, 0.4) is 0 Å². The number of carbonyl (C=O) groups excluding carboxylic acids is 1. The van der Waals surface area contributed by atoms with Crippen LogP contribution in [0, 0.1) is 0 Å². The monoisotopic (exact) mass is 350 g/mol. The van der Waals surface area contributed by atoms with Gasteiger partial charge in [-0.2, -0.15) is 0 Å². The van der Waals surface area contributed by atoms with Gasteiger partial charge in [0, 0.05) is 29.0 Å². The number of carbonyl (C=O) groups is 1. The van der Waals surface area contributed by atoms with Gasteiger partial charge in [0.05, 0.1) is 0 Å². The lowest BCUT2D eigenvalue weighted by Gasteiger charge is -2.29. The van der Waals surface area contributed by atoms with E-state index in [9.17, 15) is 4.79 Å². The van der Waals surface area contributed by atoms with Gasteiger partial charge >= 0.3 is 0 Å². The minimum Gasteiger partial charge on any atom is -0.335 e. The highest BCUT2D eigenvalue weighted by molar-refractivity contribution is 9.10. The van der Waals surface area contributed by atoms with Crippen molar-refractivity contribution in [1.82, 2.24) is 4.90 Å². The van der Waals surface area contributed by atoms with Crippen molar-refractivity contribution in [3.8, 4) is 0 Å². The van der Waals surface area contributed by atoms with Gasteiger partial charge in [0.15, 0.2) is 0 Å². The molecule has 0 bridgehead atoms.